The summed E-state index contributed by atoms with van der Waals surface area (Å²) in [6.45, 7) is 4.82. The molecule has 9 heteroatoms. The van der Waals surface area contributed by atoms with E-state index < -0.39 is 6.10 Å². The van der Waals surface area contributed by atoms with Crippen molar-refractivity contribution >= 4 is 28.5 Å². The van der Waals surface area contributed by atoms with E-state index in [2.05, 4.69) is 25.3 Å². The topological polar surface area (TPSA) is 110 Å². The highest BCUT2D eigenvalue weighted by Gasteiger charge is 2.30. The summed E-state index contributed by atoms with van der Waals surface area (Å²) in [5.41, 5.74) is 2.42. The molecule has 0 aliphatic carbocycles. The van der Waals surface area contributed by atoms with Crippen LogP contribution in [0, 0.1) is 0 Å². The predicted molar refractivity (Wildman–Crippen MR) is 110 cm³/mol. The molecule has 0 saturated carbocycles. The number of fused-ring (bicyclic) bond motifs is 1. The number of nitrogens with one attached hydrogen (secondary N) is 1. The van der Waals surface area contributed by atoms with Gasteiger partial charge in [-0.1, -0.05) is 13.8 Å². The van der Waals surface area contributed by atoms with Crippen molar-refractivity contribution < 1.29 is 14.3 Å². The lowest BCUT2D eigenvalue weighted by atomic mass is 10.2. The second-order valence-corrected chi connectivity index (χ2v) is 7.34. The fourth-order valence-corrected chi connectivity index (χ4v) is 3.19. The Balaban J connectivity index is 1.42. The molecule has 4 rings (SSSR count). The van der Waals surface area contributed by atoms with Crippen molar-refractivity contribution in [3.63, 3.8) is 0 Å². The molecule has 9 nitrogen and oxygen atoms in total. The van der Waals surface area contributed by atoms with E-state index in [4.69, 9.17) is 4.74 Å². The zero-order chi connectivity index (χ0) is 21.1. The molecule has 3 heterocycles. The number of morpholine rings is 1. The van der Waals surface area contributed by atoms with Crippen molar-refractivity contribution in [3.8, 4) is 0 Å². The molecule has 154 valence electrons. The molecule has 0 bridgehead atoms. The Morgan fingerprint density at radius 3 is 2.57 bits per heavy atom. The highest BCUT2D eigenvalue weighted by molar-refractivity contribution is 5.97. The molecule has 0 spiro atoms. The Kier molecular flexibility index (Phi) is 5.62. The van der Waals surface area contributed by atoms with Gasteiger partial charge in [0.05, 0.1) is 29.7 Å². The molecule has 0 radical (unpaired) electrons. The van der Waals surface area contributed by atoms with Crippen LogP contribution in [0.5, 0.6) is 0 Å². The van der Waals surface area contributed by atoms with Gasteiger partial charge in [-0.15, -0.1) is 0 Å². The number of benzene rings is 1. The van der Waals surface area contributed by atoms with Crippen molar-refractivity contribution in [2.75, 3.05) is 25.0 Å². The first-order valence-corrected chi connectivity index (χ1v) is 9.75. The van der Waals surface area contributed by atoms with Gasteiger partial charge in [0.25, 0.3) is 11.8 Å². The molecule has 2 amide bonds. The first-order chi connectivity index (χ1) is 14.5. The summed E-state index contributed by atoms with van der Waals surface area (Å²) in [6.07, 6.45) is 5.51. The van der Waals surface area contributed by atoms with E-state index in [1.165, 1.54) is 12.4 Å². The minimum atomic E-state index is -0.767. The first kappa shape index (κ1) is 19.8. The summed E-state index contributed by atoms with van der Waals surface area (Å²) in [5, 5.41) is 2.83. The van der Waals surface area contributed by atoms with Gasteiger partial charge in [-0.25, -0.2) is 9.97 Å². The molecule has 1 aliphatic rings. The quantitative estimate of drug-likeness (QED) is 0.706. The van der Waals surface area contributed by atoms with Crippen LogP contribution in [0.25, 0.3) is 11.0 Å². The maximum Gasteiger partial charge on any atom is 0.257 e. The van der Waals surface area contributed by atoms with Crippen LogP contribution < -0.4 is 5.32 Å². The molecule has 1 saturated heterocycles. The number of amides is 2. The Labute approximate surface area is 173 Å². The fourth-order valence-electron chi connectivity index (χ4n) is 3.19. The van der Waals surface area contributed by atoms with Gasteiger partial charge in [0.2, 0.25) is 0 Å². The predicted octanol–water partition coefficient (Wildman–Crippen LogP) is 2.02. The number of carbonyl (C=O) groups is 2. The minimum absolute atomic E-state index is 0.157. The molecule has 1 aliphatic heterocycles. The molecule has 30 heavy (non-hydrogen) atoms. The summed E-state index contributed by atoms with van der Waals surface area (Å²) < 4.78 is 5.60. The van der Waals surface area contributed by atoms with Crippen LogP contribution in [0.15, 0.2) is 43.0 Å². The van der Waals surface area contributed by atoms with Crippen LogP contribution in [0.2, 0.25) is 0 Å². The normalized spacial score (nSPS) is 16.6. The average Bonchev–Trinajstić information content (AvgIpc) is 2.78. The molecule has 3 aromatic rings. The lowest BCUT2D eigenvalue weighted by Crippen LogP contribution is -2.50. The molecular formula is C21H22N6O3. The number of hydrogen-bond donors (Lipinski definition) is 1. The van der Waals surface area contributed by atoms with Crippen molar-refractivity contribution in [1.29, 1.82) is 0 Å². The summed E-state index contributed by atoms with van der Waals surface area (Å²) >= 11 is 0. The van der Waals surface area contributed by atoms with E-state index in [1.54, 1.807) is 35.5 Å². The van der Waals surface area contributed by atoms with E-state index in [1.807, 2.05) is 13.8 Å². The number of carbonyl (C=O) groups excluding carboxylic acids is 2. The molecule has 1 N–H and O–H groups in total. The van der Waals surface area contributed by atoms with Gasteiger partial charge in [-0.05, 0) is 18.2 Å². The molecule has 1 fully saturated rings. The first-order valence-electron chi connectivity index (χ1n) is 9.75. The van der Waals surface area contributed by atoms with Crippen LogP contribution in [0.1, 0.15) is 35.9 Å². The van der Waals surface area contributed by atoms with Gasteiger partial charge in [-0.2, -0.15) is 0 Å². The number of hydrogen-bond acceptors (Lipinski definition) is 7. The van der Waals surface area contributed by atoms with E-state index in [9.17, 15) is 9.59 Å². The number of nitrogens with zero attached hydrogens (tertiary/aromatic N) is 5. The van der Waals surface area contributed by atoms with E-state index in [0.717, 1.165) is 5.52 Å². The maximum atomic E-state index is 12.8. The smallest absolute Gasteiger partial charge is 0.257 e. The lowest BCUT2D eigenvalue weighted by molar-refractivity contribution is -0.131. The SMILES string of the molecule is CC(C)c1ncc(C(=O)N2CCOC(C(=O)Nc3ccc4nccnc4c3)C2)cn1. The monoisotopic (exact) mass is 406 g/mol. The zero-order valence-electron chi connectivity index (χ0n) is 16.8. The summed E-state index contributed by atoms with van der Waals surface area (Å²) in [7, 11) is 0. The Hall–Kier alpha value is -3.46. The Morgan fingerprint density at radius 1 is 1.10 bits per heavy atom. The van der Waals surface area contributed by atoms with Gasteiger partial charge >= 0.3 is 0 Å². The third-order valence-corrected chi connectivity index (χ3v) is 4.82. The van der Waals surface area contributed by atoms with E-state index >= 15 is 0 Å². The van der Waals surface area contributed by atoms with Gasteiger partial charge in [-0.3, -0.25) is 19.6 Å². The highest BCUT2D eigenvalue weighted by atomic mass is 16.5. The van der Waals surface area contributed by atoms with Crippen LogP contribution in [-0.4, -0.2) is 62.5 Å². The van der Waals surface area contributed by atoms with Crippen LogP contribution in [-0.2, 0) is 9.53 Å². The fraction of sp³-hybridized carbons (Fsp3) is 0.333. The summed E-state index contributed by atoms with van der Waals surface area (Å²) in [4.78, 5) is 44.0. The summed E-state index contributed by atoms with van der Waals surface area (Å²) in [5.74, 6) is 0.340. The zero-order valence-corrected chi connectivity index (χ0v) is 16.8. The number of aromatic nitrogens is 4. The van der Waals surface area contributed by atoms with Crippen molar-refractivity contribution in [1.82, 2.24) is 24.8 Å². The van der Waals surface area contributed by atoms with Crippen LogP contribution in [0.3, 0.4) is 0 Å². The van der Waals surface area contributed by atoms with Gasteiger partial charge in [0.15, 0.2) is 6.10 Å². The lowest BCUT2D eigenvalue weighted by Gasteiger charge is -2.32. The number of ether oxygens (including phenoxy) is 1. The summed E-state index contributed by atoms with van der Waals surface area (Å²) in [6, 6.07) is 5.30. The molecule has 1 atom stereocenters. The Morgan fingerprint density at radius 2 is 1.83 bits per heavy atom. The molecule has 1 unspecified atom stereocenters. The van der Waals surface area contributed by atoms with Crippen molar-refractivity contribution in [3.05, 3.63) is 54.4 Å². The molecular weight excluding hydrogens is 384 g/mol. The molecule has 2 aromatic heterocycles. The van der Waals surface area contributed by atoms with Crippen LogP contribution >= 0.6 is 0 Å². The van der Waals surface area contributed by atoms with Crippen LogP contribution in [0.4, 0.5) is 5.69 Å². The van der Waals surface area contributed by atoms with Gasteiger partial charge in [0, 0.05) is 42.9 Å². The highest BCUT2D eigenvalue weighted by Crippen LogP contribution is 2.17. The standard InChI is InChI=1S/C21H22N6O3/c1-13(2)19-24-10-14(11-25-19)21(29)27-7-8-30-18(12-27)20(28)26-15-3-4-16-17(9-15)23-6-5-22-16/h3-6,9-11,13,18H,7-8,12H2,1-2H3,(H,26,28). The van der Waals surface area contributed by atoms with Crippen molar-refractivity contribution in [2.24, 2.45) is 0 Å². The second kappa shape index (κ2) is 8.50. The third-order valence-electron chi connectivity index (χ3n) is 4.82. The minimum Gasteiger partial charge on any atom is -0.365 e. The molecule has 1 aromatic carbocycles. The third kappa shape index (κ3) is 4.25. The van der Waals surface area contributed by atoms with E-state index in [0.29, 0.717) is 29.1 Å². The number of rotatable bonds is 4. The van der Waals surface area contributed by atoms with E-state index in [-0.39, 0.29) is 30.9 Å². The largest absolute Gasteiger partial charge is 0.365 e. The number of anilines is 1. The average molecular weight is 406 g/mol. The second-order valence-electron chi connectivity index (χ2n) is 7.34. The van der Waals surface area contributed by atoms with Gasteiger partial charge < -0.3 is 15.0 Å². The van der Waals surface area contributed by atoms with Gasteiger partial charge in [0.1, 0.15) is 5.82 Å². The Bertz CT molecular complexity index is 1070. The van der Waals surface area contributed by atoms with Crippen molar-refractivity contribution in [2.45, 2.75) is 25.9 Å². The maximum absolute atomic E-state index is 12.8.